The molecule has 0 saturated heterocycles. The largest absolute Gasteiger partial charge is 0.464 e. The van der Waals surface area contributed by atoms with Crippen LogP contribution in [0.15, 0.2) is 87.6 Å². The number of hydrogen-bond acceptors (Lipinski definition) is 5. The van der Waals surface area contributed by atoms with Crippen LogP contribution in [0, 0.1) is 11.3 Å². The number of nitrogens with zero attached hydrogens (tertiary/aromatic N) is 1. The van der Waals surface area contributed by atoms with Crippen molar-refractivity contribution in [3.8, 4) is 11.8 Å². The Hall–Kier alpha value is -4.04. The summed E-state index contributed by atoms with van der Waals surface area (Å²) >= 11 is 0. The number of ether oxygens (including phenoxy) is 1. The fraction of sp³-hybridized carbons (Fsp3) is 0.0435. The van der Waals surface area contributed by atoms with Gasteiger partial charge in [-0.05, 0) is 17.5 Å². The van der Waals surface area contributed by atoms with Crippen LogP contribution in [0.4, 0.5) is 0 Å². The molecule has 5 rings (SSSR count). The van der Waals surface area contributed by atoms with Gasteiger partial charge in [-0.25, -0.2) is 0 Å². The fourth-order valence-corrected chi connectivity index (χ4v) is 3.80. The molecule has 1 unspecified atom stereocenters. The molecule has 1 aromatic heterocycles. The normalized spacial score (nSPS) is 15.9. The number of nitrogens with two attached hydrogens (primary N) is 1. The van der Waals surface area contributed by atoms with Gasteiger partial charge >= 0.3 is 0 Å². The van der Waals surface area contributed by atoms with Gasteiger partial charge in [0.15, 0.2) is 5.43 Å². The summed E-state index contributed by atoms with van der Waals surface area (Å²) in [5.41, 5.74) is 7.67. The number of rotatable bonds is 1. The van der Waals surface area contributed by atoms with E-state index in [9.17, 15) is 10.1 Å². The zero-order valence-electron chi connectivity index (χ0n) is 14.7. The Balaban J connectivity index is 1.85. The van der Waals surface area contributed by atoms with Crippen LogP contribution in [0.3, 0.4) is 0 Å². The van der Waals surface area contributed by atoms with Crippen LogP contribution in [0.2, 0.25) is 0 Å². The number of hydrogen-bond donors (Lipinski definition) is 1. The van der Waals surface area contributed by atoms with E-state index in [2.05, 4.69) is 6.07 Å². The van der Waals surface area contributed by atoms with Crippen molar-refractivity contribution in [2.75, 3.05) is 0 Å². The number of benzene rings is 3. The van der Waals surface area contributed by atoms with E-state index < -0.39 is 5.92 Å². The molecular formula is C23H14N2O3. The molecule has 5 nitrogen and oxygen atoms in total. The van der Waals surface area contributed by atoms with E-state index in [0.717, 1.165) is 10.8 Å². The molecule has 0 aliphatic carbocycles. The maximum Gasteiger partial charge on any atom is 0.205 e. The molecule has 0 bridgehead atoms. The summed E-state index contributed by atoms with van der Waals surface area (Å²) < 4.78 is 11.5. The first-order chi connectivity index (χ1) is 13.7. The van der Waals surface area contributed by atoms with Gasteiger partial charge in [-0.3, -0.25) is 4.79 Å². The van der Waals surface area contributed by atoms with Gasteiger partial charge in [0.1, 0.15) is 23.0 Å². The average molecular weight is 366 g/mol. The standard InChI is InChI=1S/C23H14N2O3/c24-11-17-20(18-12-27-19-8-4-3-7-15(19)21(18)26)16-10-9-13-5-1-2-6-14(13)22(16)28-23(17)25/h1-10,12,20H,25H2. The summed E-state index contributed by atoms with van der Waals surface area (Å²) in [4.78, 5) is 13.2. The molecule has 0 amide bonds. The SMILES string of the molecule is N#CC1=C(N)Oc2c(ccc3ccccc23)C1c1coc2ccccc2c1=O. The Kier molecular flexibility index (Phi) is 3.46. The lowest BCUT2D eigenvalue weighted by molar-refractivity contribution is 0.397. The molecule has 2 N–H and O–H groups in total. The van der Waals surface area contributed by atoms with Crippen LogP contribution >= 0.6 is 0 Å². The summed E-state index contributed by atoms with van der Waals surface area (Å²) in [6.07, 6.45) is 1.42. The number of para-hydroxylation sites is 1. The minimum Gasteiger partial charge on any atom is -0.464 e. The summed E-state index contributed by atoms with van der Waals surface area (Å²) in [5.74, 6) is -0.0877. The second kappa shape index (κ2) is 6.00. The van der Waals surface area contributed by atoms with Crippen LogP contribution in [0.25, 0.3) is 21.7 Å². The topological polar surface area (TPSA) is 89.2 Å². The van der Waals surface area contributed by atoms with Crippen LogP contribution in [0.5, 0.6) is 5.75 Å². The van der Waals surface area contributed by atoms with E-state index in [0.29, 0.717) is 27.8 Å². The lowest BCUT2D eigenvalue weighted by Crippen LogP contribution is -2.24. The Morgan fingerprint density at radius 1 is 0.929 bits per heavy atom. The minimum atomic E-state index is -0.654. The van der Waals surface area contributed by atoms with Crippen molar-refractivity contribution in [2.24, 2.45) is 5.73 Å². The van der Waals surface area contributed by atoms with Gasteiger partial charge in [0.2, 0.25) is 5.88 Å². The molecule has 2 heterocycles. The highest BCUT2D eigenvalue weighted by Gasteiger charge is 2.33. The highest BCUT2D eigenvalue weighted by Crippen LogP contribution is 2.44. The molecule has 0 radical (unpaired) electrons. The van der Waals surface area contributed by atoms with Gasteiger partial charge in [0.05, 0.1) is 17.6 Å². The molecule has 1 aliphatic rings. The molecule has 0 spiro atoms. The van der Waals surface area contributed by atoms with Crippen molar-refractivity contribution >= 4 is 21.7 Å². The summed E-state index contributed by atoms with van der Waals surface area (Å²) in [5, 5.41) is 12.1. The minimum absolute atomic E-state index is 0.00362. The molecular weight excluding hydrogens is 352 g/mol. The Bertz CT molecular complexity index is 1390. The van der Waals surface area contributed by atoms with Crippen molar-refractivity contribution in [1.82, 2.24) is 0 Å². The van der Waals surface area contributed by atoms with Crippen molar-refractivity contribution < 1.29 is 9.15 Å². The van der Waals surface area contributed by atoms with Crippen LogP contribution < -0.4 is 15.9 Å². The van der Waals surface area contributed by atoms with E-state index in [1.54, 1.807) is 24.3 Å². The Labute approximate surface area is 159 Å². The molecule has 134 valence electrons. The van der Waals surface area contributed by atoms with Crippen molar-refractivity contribution in [2.45, 2.75) is 5.92 Å². The molecule has 4 aromatic rings. The molecule has 1 aliphatic heterocycles. The van der Waals surface area contributed by atoms with Gasteiger partial charge in [0, 0.05) is 16.5 Å². The lowest BCUT2D eigenvalue weighted by Gasteiger charge is -2.26. The monoisotopic (exact) mass is 366 g/mol. The van der Waals surface area contributed by atoms with Crippen LogP contribution in [-0.2, 0) is 0 Å². The number of fused-ring (bicyclic) bond motifs is 4. The summed E-state index contributed by atoms with van der Waals surface area (Å²) in [7, 11) is 0. The first-order valence-corrected chi connectivity index (χ1v) is 8.78. The highest BCUT2D eigenvalue weighted by molar-refractivity contribution is 5.91. The summed E-state index contributed by atoms with van der Waals surface area (Å²) in [6, 6.07) is 20.7. The van der Waals surface area contributed by atoms with E-state index in [1.807, 2.05) is 36.4 Å². The third-order valence-electron chi connectivity index (χ3n) is 5.13. The molecule has 5 heteroatoms. The second-order valence-electron chi connectivity index (χ2n) is 6.65. The van der Waals surface area contributed by atoms with Gasteiger partial charge < -0.3 is 14.9 Å². The molecule has 0 fully saturated rings. The third-order valence-corrected chi connectivity index (χ3v) is 5.13. The number of allylic oxidation sites excluding steroid dienone is 1. The number of nitriles is 1. The average Bonchev–Trinajstić information content (AvgIpc) is 2.73. The summed E-state index contributed by atoms with van der Waals surface area (Å²) in [6.45, 7) is 0. The Morgan fingerprint density at radius 2 is 1.68 bits per heavy atom. The predicted octanol–water partition coefficient (Wildman–Crippen LogP) is 4.16. The first kappa shape index (κ1) is 16.2. The van der Waals surface area contributed by atoms with Gasteiger partial charge in [0.25, 0.3) is 0 Å². The molecule has 0 saturated carbocycles. The first-order valence-electron chi connectivity index (χ1n) is 8.78. The maximum atomic E-state index is 13.2. The van der Waals surface area contributed by atoms with Crippen molar-refractivity contribution in [3.05, 3.63) is 99.7 Å². The zero-order valence-corrected chi connectivity index (χ0v) is 14.7. The van der Waals surface area contributed by atoms with E-state index in [4.69, 9.17) is 14.9 Å². The quantitative estimate of drug-likeness (QED) is 0.546. The predicted molar refractivity (Wildman–Crippen MR) is 106 cm³/mol. The van der Waals surface area contributed by atoms with Crippen molar-refractivity contribution in [3.63, 3.8) is 0 Å². The molecule has 28 heavy (non-hydrogen) atoms. The van der Waals surface area contributed by atoms with Crippen LogP contribution in [0.1, 0.15) is 17.0 Å². The lowest BCUT2D eigenvalue weighted by atomic mass is 9.83. The molecule has 3 aromatic carbocycles. The van der Waals surface area contributed by atoms with Crippen LogP contribution in [-0.4, -0.2) is 0 Å². The third kappa shape index (κ3) is 2.22. The zero-order chi connectivity index (χ0) is 19.3. The van der Waals surface area contributed by atoms with E-state index in [1.165, 1.54) is 6.26 Å². The van der Waals surface area contributed by atoms with E-state index in [-0.39, 0.29) is 16.9 Å². The fourth-order valence-electron chi connectivity index (χ4n) is 3.80. The van der Waals surface area contributed by atoms with Gasteiger partial charge in [-0.1, -0.05) is 48.5 Å². The highest BCUT2D eigenvalue weighted by atomic mass is 16.5. The molecule has 1 atom stereocenters. The second-order valence-corrected chi connectivity index (χ2v) is 6.65. The van der Waals surface area contributed by atoms with Crippen molar-refractivity contribution in [1.29, 1.82) is 5.26 Å². The Morgan fingerprint density at radius 3 is 2.50 bits per heavy atom. The smallest absolute Gasteiger partial charge is 0.205 e. The van der Waals surface area contributed by atoms with Gasteiger partial charge in [-0.15, -0.1) is 0 Å². The maximum absolute atomic E-state index is 13.2. The van der Waals surface area contributed by atoms with Gasteiger partial charge in [-0.2, -0.15) is 5.26 Å². The van der Waals surface area contributed by atoms with E-state index >= 15 is 0 Å².